The second-order valence-corrected chi connectivity index (χ2v) is 10.9. The Labute approximate surface area is 229 Å². The van der Waals surface area contributed by atoms with Crippen LogP contribution in [0.1, 0.15) is 168 Å². The summed E-state index contributed by atoms with van der Waals surface area (Å²) in [6.45, 7) is 4.62. The van der Waals surface area contributed by atoms with Crippen molar-refractivity contribution in [2.75, 3.05) is 12.4 Å². The molecule has 0 aliphatic rings. The van der Waals surface area contributed by atoms with E-state index in [1.807, 2.05) is 0 Å². The Bertz CT molecular complexity index is 483. The maximum absolute atomic E-state index is 12.1. The van der Waals surface area contributed by atoms with Gasteiger partial charge in [0.05, 0.1) is 0 Å². The van der Waals surface area contributed by atoms with E-state index in [0.717, 1.165) is 25.7 Å². The molecule has 0 aromatic heterocycles. The standard InChI is InChI=1S/C31H60O4S/c1-3-5-7-9-11-13-15-16-18-20-22-24-26-31(33)35-29(28-36)27-34-30(32)25-23-21-19-17-14-12-10-8-6-4-2/h29,36H,3-28H2,1-2H3/t29-/m1/s1. The van der Waals surface area contributed by atoms with Crippen molar-refractivity contribution in [3.63, 3.8) is 0 Å². The van der Waals surface area contributed by atoms with E-state index in [9.17, 15) is 9.59 Å². The molecule has 214 valence electrons. The molecule has 0 N–H and O–H groups in total. The summed E-state index contributed by atoms with van der Waals surface area (Å²) in [5.41, 5.74) is 0. The van der Waals surface area contributed by atoms with Gasteiger partial charge in [0, 0.05) is 18.6 Å². The summed E-state index contributed by atoms with van der Waals surface area (Å²) in [6, 6.07) is 0. The van der Waals surface area contributed by atoms with Crippen LogP contribution in [-0.2, 0) is 19.1 Å². The zero-order valence-corrected chi connectivity index (χ0v) is 24.9. The molecule has 5 heteroatoms. The van der Waals surface area contributed by atoms with Crippen LogP contribution >= 0.6 is 12.6 Å². The molecule has 0 spiro atoms. The number of carbonyl (C=O) groups is 2. The summed E-state index contributed by atoms with van der Waals surface area (Å²) in [5, 5.41) is 0. The van der Waals surface area contributed by atoms with Crippen LogP contribution in [0.3, 0.4) is 0 Å². The van der Waals surface area contributed by atoms with Crippen LogP contribution in [-0.4, -0.2) is 30.4 Å². The lowest BCUT2D eigenvalue weighted by Crippen LogP contribution is -2.26. The number of hydrogen-bond acceptors (Lipinski definition) is 5. The van der Waals surface area contributed by atoms with Crippen molar-refractivity contribution < 1.29 is 19.1 Å². The van der Waals surface area contributed by atoms with Crippen molar-refractivity contribution in [2.45, 2.75) is 174 Å². The van der Waals surface area contributed by atoms with Gasteiger partial charge in [0.1, 0.15) is 12.7 Å². The third-order valence-electron chi connectivity index (χ3n) is 6.90. The molecule has 0 radical (unpaired) electrons. The molecule has 4 nitrogen and oxygen atoms in total. The van der Waals surface area contributed by atoms with Crippen molar-refractivity contribution in [3.8, 4) is 0 Å². The Kier molecular flexibility index (Phi) is 28.3. The van der Waals surface area contributed by atoms with E-state index in [-0.39, 0.29) is 18.5 Å². The van der Waals surface area contributed by atoms with Crippen LogP contribution in [0, 0.1) is 0 Å². The van der Waals surface area contributed by atoms with Crippen molar-refractivity contribution in [1.29, 1.82) is 0 Å². The number of rotatable bonds is 28. The fraction of sp³-hybridized carbons (Fsp3) is 0.935. The van der Waals surface area contributed by atoms with E-state index in [1.54, 1.807) is 0 Å². The molecular formula is C31H60O4S. The molecule has 0 heterocycles. The number of hydrogen-bond donors (Lipinski definition) is 1. The molecule has 0 aromatic rings. The van der Waals surface area contributed by atoms with Gasteiger partial charge < -0.3 is 9.47 Å². The van der Waals surface area contributed by atoms with E-state index < -0.39 is 6.10 Å². The van der Waals surface area contributed by atoms with Crippen LogP contribution in [0.25, 0.3) is 0 Å². The summed E-state index contributed by atoms with van der Waals surface area (Å²) in [6.07, 6.45) is 28.1. The second-order valence-electron chi connectivity index (χ2n) is 10.5. The number of carbonyl (C=O) groups excluding carboxylic acids is 2. The van der Waals surface area contributed by atoms with Crippen LogP contribution in [0.5, 0.6) is 0 Å². The molecule has 1 atom stereocenters. The minimum absolute atomic E-state index is 0.115. The Morgan fingerprint density at radius 1 is 0.528 bits per heavy atom. The van der Waals surface area contributed by atoms with Gasteiger partial charge in [-0.15, -0.1) is 0 Å². The molecule has 0 aliphatic heterocycles. The lowest BCUT2D eigenvalue weighted by Gasteiger charge is -2.16. The van der Waals surface area contributed by atoms with Gasteiger partial charge >= 0.3 is 11.9 Å². The monoisotopic (exact) mass is 528 g/mol. The molecule has 36 heavy (non-hydrogen) atoms. The van der Waals surface area contributed by atoms with E-state index in [0.29, 0.717) is 18.6 Å². The van der Waals surface area contributed by atoms with Crippen LogP contribution in [0.2, 0.25) is 0 Å². The fourth-order valence-electron chi connectivity index (χ4n) is 4.49. The van der Waals surface area contributed by atoms with Crippen molar-refractivity contribution in [3.05, 3.63) is 0 Å². The summed E-state index contributed by atoms with van der Waals surface area (Å²) in [4.78, 5) is 24.1. The van der Waals surface area contributed by atoms with Gasteiger partial charge in [0.25, 0.3) is 0 Å². The summed E-state index contributed by atoms with van der Waals surface area (Å²) < 4.78 is 10.8. The topological polar surface area (TPSA) is 52.6 Å². The average Bonchev–Trinajstić information content (AvgIpc) is 2.88. The highest BCUT2D eigenvalue weighted by Gasteiger charge is 2.15. The normalized spacial score (nSPS) is 12.0. The van der Waals surface area contributed by atoms with Gasteiger partial charge in [0.15, 0.2) is 0 Å². The van der Waals surface area contributed by atoms with Gasteiger partial charge in [-0.05, 0) is 12.8 Å². The highest BCUT2D eigenvalue weighted by Crippen LogP contribution is 2.14. The first-order valence-electron chi connectivity index (χ1n) is 15.6. The van der Waals surface area contributed by atoms with Gasteiger partial charge in [-0.1, -0.05) is 142 Å². The Balaban J connectivity index is 3.56. The van der Waals surface area contributed by atoms with Crippen molar-refractivity contribution in [1.82, 2.24) is 0 Å². The second kappa shape index (κ2) is 28.9. The third kappa shape index (κ3) is 26.4. The molecule has 0 aliphatic carbocycles. The summed E-state index contributed by atoms with van der Waals surface area (Å²) in [5.74, 6) is -0.0272. The minimum atomic E-state index is -0.449. The van der Waals surface area contributed by atoms with Crippen LogP contribution in [0.15, 0.2) is 0 Å². The molecular weight excluding hydrogens is 468 g/mol. The lowest BCUT2D eigenvalue weighted by molar-refractivity contribution is -0.157. The zero-order chi connectivity index (χ0) is 26.5. The fourth-order valence-corrected chi connectivity index (χ4v) is 4.67. The Morgan fingerprint density at radius 2 is 0.861 bits per heavy atom. The lowest BCUT2D eigenvalue weighted by atomic mass is 10.0. The quantitative estimate of drug-likeness (QED) is 0.0623. The first-order valence-corrected chi connectivity index (χ1v) is 16.2. The number of thiol groups is 1. The molecule has 0 unspecified atom stereocenters. The van der Waals surface area contributed by atoms with E-state index in [2.05, 4.69) is 26.5 Å². The maximum Gasteiger partial charge on any atom is 0.306 e. The molecule has 0 saturated carbocycles. The maximum atomic E-state index is 12.1. The average molecular weight is 529 g/mol. The van der Waals surface area contributed by atoms with Crippen molar-refractivity contribution >= 4 is 24.6 Å². The van der Waals surface area contributed by atoms with Crippen LogP contribution in [0.4, 0.5) is 0 Å². The highest BCUT2D eigenvalue weighted by molar-refractivity contribution is 7.80. The zero-order valence-electron chi connectivity index (χ0n) is 24.0. The van der Waals surface area contributed by atoms with Crippen LogP contribution < -0.4 is 0 Å². The first kappa shape index (κ1) is 35.3. The van der Waals surface area contributed by atoms with Gasteiger partial charge in [-0.3, -0.25) is 9.59 Å². The van der Waals surface area contributed by atoms with E-state index >= 15 is 0 Å². The smallest absolute Gasteiger partial charge is 0.306 e. The molecule has 0 fully saturated rings. The number of ether oxygens (including phenoxy) is 2. The van der Waals surface area contributed by atoms with E-state index in [1.165, 1.54) is 116 Å². The van der Waals surface area contributed by atoms with Gasteiger partial charge in [-0.2, -0.15) is 12.6 Å². The van der Waals surface area contributed by atoms with Gasteiger partial charge in [-0.25, -0.2) is 0 Å². The van der Waals surface area contributed by atoms with Gasteiger partial charge in [0.2, 0.25) is 0 Å². The molecule has 0 amide bonds. The molecule has 0 aromatic carbocycles. The predicted molar refractivity (Wildman–Crippen MR) is 157 cm³/mol. The number of esters is 2. The third-order valence-corrected chi connectivity index (χ3v) is 7.31. The first-order chi connectivity index (χ1) is 17.6. The van der Waals surface area contributed by atoms with E-state index in [4.69, 9.17) is 9.47 Å². The summed E-state index contributed by atoms with van der Waals surface area (Å²) >= 11 is 4.26. The SMILES string of the molecule is CCCCCCCCCCCCCCC(=O)O[C@@H](CS)COC(=O)CCCCCCCCCCCC. The largest absolute Gasteiger partial charge is 0.462 e. The minimum Gasteiger partial charge on any atom is -0.462 e. The highest BCUT2D eigenvalue weighted by atomic mass is 32.1. The summed E-state index contributed by atoms with van der Waals surface area (Å²) in [7, 11) is 0. The molecule has 0 saturated heterocycles. The van der Waals surface area contributed by atoms with Crippen molar-refractivity contribution in [2.24, 2.45) is 0 Å². The molecule has 0 bridgehead atoms. The Hall–Kier alpha value is -0.710. The predicted octanol–water partition coefficient (Wildman–Crippen LogP) is 9.77. The molecule has 0 rings (SSSR count). The Morgan fingerprint density at radius 3 is 1.22 bits per heavy atom. The number of unbranched alkanes of at least 4 members (excludes halogenated alkanes) is 20.